The van der Waals surface area contributed by atoms with Gasteiger partial charge >= 0.3 is 5.97 Å². The molecule has 0 radical (unpaired) electrons. The summed E-state index contributed by atoms with van der Waals surface area (Å²) in [5.41, 5.74) is 1.84. The molecule has 1 saturated heterocycles. The zero-order valence-electron chi connectivity index (χ0n) is 16.4. The highest BCUT2D eigenvalue weighted by atomic mass is 19.1. The van der Waals surface area contributed by atoms with Crippen LogP contribution in [0.5, 0.6) is 0 Å². The van der Waals surface area contributed by atoms with E-state index in [1.807, 2.05) is 18.7 Å². The van der Waals surface area contributed by atoms with Gasteiger partial charge in [0.25, 0.3) is 0 Å². The van der Waals surface area contributed by atoms with Crippen LogP contribution < -0.4 is 10.2 Å². The van der Waals surface area contributed by atoms with Crippen LogP contribution in [0.4, 0.5) is 21.6 Å². The number of carbonyl (C=O) groups is 1. The molecule has 29 heavy (non-hydrogen) atoms. The lowest BCUT2D eigenvalue weighted by molar-refractivity contribution is 0.0690. The van der Waals surface area contributed by atoms with Gasteiger partial charge in [-0.25, -0.2) is 14.2 Å². The third kappa shape index (κ3) is 4.71. The summed E-state index contributed by atoms with van der Waals surface area (Å²) in [4.78, 5) is 17.9. The van der Waals surface area contributed by atoms with Crippen LogP contribution >= 0.6 is 0 Å². The second kappa shape index (κ2) is 8.57. The molecule has 1 fully saturated rings. The van der Waals surface area contributed by atoms with Crippen LogP contribution in [0.25, 0.3) is 0 Å². The number of benzene rings is 1. The van der Waals surface area contributed by atoms with Crippen LogP contribution in [0.3, 0.4) is 0 Å². The van der Waals surface area contributed by atoms with E-state index < -0.39 is 5.97 Å². The highest BCUT2D eigenvalue weighted by molar-refractivity contribution is 6.09. The maximum absolute atomic E-state index is 13.3. The Kier molecular flexibility index (Phi) is 6.12. The minimum Gasteiger partial charge on any atom is -0.477 e. The van der Waals surface area contributed by atoms with Crippen molar-refractivity contribution in [3.8, 4) is 0 Å². The fourth-order valence-electron chi connectivity index (χ4n) is 3.31. The molecule has 2 aromatic rings. The second-order valence-corrected chi connectivity index (χ2v) is 7.47. The smallest absolute Gasteiger partial charge is 0.354 e. The number of pyridine rings is 1. The zero-order valence-corrected chi connectivity index (χ0v) is 16.4. The molecule has 154 valence electrons. The third-order valence-corrected chi connectivity index (χ3v) is 4.98. The molecule has 0 unspecified atom stereocenters. The number of piperidine rings is 1. The molecular formula is C21H25FN4O3. The Hall–Kier alpha value is -3.00. The molecule has 0 spiro atoms. The van der Waals surface area contributed by atoms with Crippen LogP contribution in [0.2, 0.25) is 0 Å². The summed E-state index contributed by atoms with van der Waals surface area (Å²) in [5.74, 6) is -1.43. The van der Waals surface area contributed by atoms with Gasteiger partial charge in [-0.1, -0.05) is 13.8 Å². The fraction of sp³-hybridized carbons (Fsp3) is 0.381. The number of hydrogen-bond acceptors (Lipinski definition) is 6. The Labute approximate surface area is 168 Å². The number of aromatic nitrogens is 1. The summed E-state index contributed by atoms with van der Waals surface area (Å²) < 4.78 is 13.3. The zero-order chi connectivity index (χ0) is 21.1. The number of carboxylic acid groups (broad SMARTS) is 1. The molecule has 4 N–H and O–H groups in total. The van der Waals surface area contributed by atoms with E-state index in [2.05, 4.69) is 10.3 Å². The predicted molar refractivity (Wildman–Crippen MR) is 110 cm³/mol. The number of hydrogen-bond donors (Lipinski definition) is 4. The number of halogens is 1. The lowest BCUT2D eigenvalue weighted by Gasteiger charge is -2.34. The van der Waals surface area contributed by atoms with Gasteiger partial charge in [-0.05, 0) is 49.1 Å². The molecule has 0 atom stereocenters. The minimum absolute atomic E-state index is 0.115. The summed E-state index contributed by atoms with van der Waals surface area (Å²) in [6.07, 6.45) is 0.761. The first-order valence-electron chi connectivity index (χ1n) is 9.59. The van der Waals surface area contributed by atoms with E-state index in [9.17, 15) is 19.4 Å². The van der Waals surface area contributed by atoms with Crippen molar-refractivity contribution in [2.45, 2.75) is 32.8 Å². The normalized spacial score (nSPS) is 14.9. The predicted octanol–water partition coefficient (Wildman–Crippen LogP) is 3.65. The van der Waals surface area contributed by atoms with Crippen LogP contribution in [-0.4, -0.2) is 46.1 Å². The van der Waals surface area contributed by atoms with Crippen molar-refractivity contribution >= 4 is 28.9 Å². The molecule has 1 aliphatic rings. The van der Waals surface area contributed by atoms with Crippen molar-refractivity contribution in [1.29, 1.82) is 5.41 Å². The van der Waals surface area contributed by atoms with E-state index in [1.165, 1.54) is 30.3 Å². The monoisotopic (exact) mass is 400 g/mol. The highest BCUT2D eigenvalue weighted by Crippen LogP contribution is 2.33. The van der Waals surface area contributed by atoms with Crippen molar-refractivity contribution in [3.63, 3.8) is 0 Å². The first-order valence-corrected chi connectivity index (χ1v) is 9.59. The molecule has 1 aromatic carbocycles. The SMILES string of the molecule is CC(C)C(=N)c1c(N2CCC(O)CC2)cc(C(=O)O)nc1Nc1ccc(F)cc1. The molecule has 0 saturated carbocycles. The summed E-state index contributed by atoms with van der Waals surface area (Å²) in [6.45, 7) is 4.88. The molecule has 0 amide bonds. The maximum Gasteiger partial charge on any atom is 0.354 e. The van der Waals surface area contributed by atoms with Gasteiger partial charge in [0.05, 0.1) is 17.4 Å². The summed E-state index contributed by atoms with van der Waals surface area (Å²) in [5, 5.41) is 31.1. The van der Waals surface area contributed by atoms with E-state index in [-0.39, 0.29) is 29.4 Å². The number of aliphatic hydroxyl groups is 1. The molecule has 3 rings (SSSR count). The van der Waals surface area contributed by atoms with Gasteiger partial charge in [0, 0.05) is 24.5 Å². The fourth-order valence-corrected chi connectivity index (χ4v) is 3.31. The number of aliphatic hydroxyl groups excluding tert-OH is 1. The largest absolute Gasteiger partial charge is 0.477 e. The van der Waals surface area contributed by atoms with Crippen molar-refractivity contribution < 1.29 is 19.4 Å². The molecule has 2 heterocycles. The number of anilines is 3. The number of rotatable bonds is 6. The van der Waals surface area contributed by atoms with Crippen molar-refractivity contribution in [2.24, 2.45) is 5.92 Å². The van der Waals surface area contributed by atoms with Crippen LogP contribution in [0.15, 0.2) is 30.3 Å². The number of aromatic carboxylic acids is 1. The Morgan fingerprint density at radius 3 is 2.45 bits per heavy atom. The topological polar surface area (TPSA) is 110 Å². The average Bonchev–Trinajstić information content (AvgIpc) is 2.69. The summed E-state index contributed by atoms with van der Waals surface area (Å²) >= 11 is 0. The van der Waals surface area contributed by atoms with Gasteiger partial charge in [0.2, 0.25) is 0 Å². The van der Waals surface area contributed by atoms with Gasteiger partial charge in [-0.15, -0.1) is 0 Å². The first kappa shape index (κ1) is 20.7. The number of carboxylic acids is 1. The Morgan fingerprint density at radius 1 is 1.28 bits per heavy atom. The van der Waals surface area contributed by atoms with Gasteiger partial charge in [0.15, 0.2) is 5.69 Å². The Bertz CT molecular complexity index is 907. The van der Waals surface area contributed by atoms with Gasteiger partial charge < -0.3 is 25.8 Å². The van der Waals surface area contributed by atoms with E-state index in [0.29, 0.717) is 48.6 Å². The number of nitrogens with zero attached hydrogens (tertiary/aromatic N) is 2. The molecule has 1 aliphatic heterocycles. The molecule has 8 heteroatoms. The standard InChI is InChI=1S/C21H25FN4O3/c1-12(2)19(23)18-17(26-9-7-15(27)8-10-26)11-16(21(28)29)25-20(18)24-14-5-3-13(22)4-6-14/h3-6,11-12,15,23,27H,7-10H2,1-2H3,(H,24,25)(H,28,29). The van der Waals surface area contributed by atoms with E-state index in [4.69, 9.17) is 5.41 Å². The quantitative estimate of drug-likeness (QED) is 0.551. The van der Waals surface area contributed by atoms with Crippen LogP contribution in [-0.2, 0) is 0 Å². The Morgan fingerprint density at radius 2 is 1.90 bits per heavy atom. The van der Waals surface area contributed by atoms with Crippen molar-refractivity contribution in [3.05, 3.63) is 47.4 Å². The van der Waals surface area contributed by atoms with E-state index in [0.717, 1.165) is 0 Å². The molecule has 0 bridgehead atoms. The van der Waals surface area contributed by atoms with Gasteiger partial charge in [-0.3, -0.25) is 0 Å². The summed E-state index contributed by atoms with van der Waals surface area (Å²) in [6, 6.07) is 7.14. The van der Waals surface area contributed by atoms with Gasteiger partial charge in [-0.2, -0.15) is 0 Å². The maximum atomic E-state index is 13.3. The lowest BCUT2D eigenvalue weighted by Crippen LogP contribution is -2.37. The summed E-state index contributed by atoms with van der Waals surface area (Å²) in [7, 11) is 0. The van der Waals surface area contributed by atoms with Crippen molar-refractivity contribution in [1.82, 2.24) is 4.98 Å². The third-order valence-electron chi connectivity index (χ3n) is 4.98. The highest BCUT2D eigenvalue weighted by Gasteiger charge is 2.27. The van der Waals surface area contributed by atoms with E-state index in [1.54, 1.807) is 0 Å². The minimum atomic E-state index is -1.17. The Balaban J connectivity index is 2.14. The van der Waals surface area contributed by atoms with Crippen molar-refractivity contribution in [2.75, 3.05) is 23.3 Å². The van der Waals surface area contributed by atoms with Gasteiger partial charge in [0.1, 0.15) is 11.6 Å². The second-order valence-electron chi connectivity index (χ2n) is 7.47. The molecule has 0 aliphatic carbocycles. The van der Waals surface area contributed by atoms with Crippen LogP contribution in [0, 0.1) is 17.1 Å². The lowest BCUT2D eigenvalue weighted by atomic mass is 9.96. The first-order chi connectivity index (χ1) is 13.8. The molecular weight excluding hydrogens is 375 g/mol. The van der Waals surface area contributed by atoms with Crippen LogP contribution in [0.1, 0.15) is 42.7 Å². The van der Waals surface area contributed by atoms with E-state index >= 15 is 0 Å². The molecule has 7 nitrogen and oxygen atoms in total. The molecule has 1 aromatic heterocycles. The average molecular weight is 400 g/mol. The number of nitrogens with one attached hydrogen (secondary N) is 2.